The molecule has 1 aliphatic carbocycles. The molecule has 1 N–H and O–H groups in total. The zero-order chi connectivity index (χ0) is 25.8. The largest absolute Gasteiger partial charge is 0.478 e. The molecule has 1 aromatic carbocycles. The van der Waals surface area contributed by atoms with Gasteiger partial charge in [0.25, 0.3) is 0 Å². The van der Waals surface area contributed by atoms with Gasteiger partial charge in [-0.05, 0) is 82.1 Å². The number of piperidine rings is 1. The van der Waals surface area contributed by atoms with E-state index in [0.717, 1.165) is 60.5 Å². The van der Waals surface area contributed by atoms with E-state index in [4.69, 9.17) is 9.26 Å². The molecule has 2 bridgehead atoms. The zero-order valence-corrected chi connectivity index (χ0v) is 22.0. The highest BCUT2D eigenvalue weighted by Gasteiger charge is 2.46. The van der Waals surface area contributed by atoms with Gasteiger partial charge in [-0.2, -0.15) is 0 Å². The number of aromatic carboxylic acids is 1. The Morgan fingerprint density at radius 3 is 2.51 bits per heavy atom. The molecule has 4 atom stereocenters. The van der Waals surface area contributed by atoms with Crippen LogP contribution in [-0.2, 0) is 11.3 Å². The number of aryl methyl sites for hydroxylation is 3. The second-order valence-electron chi connectivity index (χ2n) is 11.3. The molecule has 3 aliphatic rings. The van der Waals surface area contributed by atoms with Gasteiger partial charge >= 0.3 is 5.97 Å². The highest BCUT2D eigenvalue weighted by molar-refractivity contribution is 5.89. The second-order valence-corrected chi connectivity index (χ2v) is 11.3. The summed E-state index contributed by atoms with van der Waals surface area (Å²) in [5, 5.41) is 13.9. The number of hydrogen-bond acceptors (Lipinski definition) is 6. The van der Waals surface area contributed by atoms with Crippen molar-refractivity contribution in [2.75, 3.05) is 4.90 Å². The maximum atomic E-state index is 11.5. The van der Waals surface area contributed by atoms with Gasteiger partial charge in [0.15, 0.2) is 0 Å². The number of hydrogen-bond donors (Lipinski definition) is 1. The van der Waals surface area contributed by atoms with Crippen molar-refractivity contribution in [3.05, 3.63) is 64.0 Å². The van der Waals surface area contributed by atoms with E-state index in [0.29, 0.717) is 36.2 Å². The van der Waals surface area contributed by atoms with Gasteiger partial charge in [0.2, 0.25) is 0 Å². The summed E-state index contributed by atoms with van der Waals surface area (Å²) in [7, 11) is 0. The summed E-state index contributed by atoms with van der Waals surface area (Å²) in [5.74, 6) is 1.95. The van der Waals surface area contributed by atoms with Crippen molar-refractivity contribution in [1.82, 2.24) is 10.1 Å². The van der Waals surface area contributed by atoms with Gasteiger partial charge in [-0.3, -0.25) is 0 Å². The molecule has 3 fully saturated rings. The SMILES string of the molecule is Cc1cccc(C)c1-c1noc(C2CC2)c1COC1CC2CC(C)C(C1)N2c1ccc(C(=O)O)c(C)n1. The Bertz CT molecular complexity index is 1320. The summed E-state index contributed by atoms with van der Waals surface area (Å²) in [4.78, 5) is 18.6. The highest BCUT2D eigenvalue weighted by atomic mass is 16.5. The number of anilines is 1. The van der Waals surface area contributed by atoms with E-state index in [2.05, 4.69) is 54.0 Å². The first-order chi connectivity index (χ1) is 17.8. The average Bonchev–Trinajstić information content (AvgIpc) is 3.58. The van der Waals surface area contributed by atoms with Crippen molar-refractivity contribution in [1.29, 1.82) is 0 Å². The predicted molar refractivity (Wildman–Crippen MR) is 141 cm³/mol. The minimum absolute atomic E-state index is 0.156. The van der Waals surface area contributed by atoms with Crippen LogP contribution >= 0.6 is 0 Å². The lowest BCUT2D eigenvalue weighted by atomic mass is 9.95. The molecule has 7 nitrogen and oxygen atoms in total. The Morgan fingerprint density at radius 2 is 1.86 bits per heavy atom. The Kier molecular flexibility index (Phi) is 6.06. The third kappa shape index (κ3) is 4.33. The molecular formula is C30H35N3O4. The highest BCUT2D eigenvalue weighted by Crippen LogP contribution is 2.46. The summed E-state index contributed by atoms with van der Waals surface area (Å²) >= 11 is 0. The van der Waals surface area contributed by atoms with E-state index >= 15 is 0 Å². The Balaban J connectivity index is 1.22. The average molecular weight is 502 g/mol. The number of nitrogens with zero attached hydrogens (tertiary/aromatic N) is 3. The minimum atomic E-state index is -0.931. The number of carboxylic acid groups (broad SMARTS) is 1. The number of ether oxygens (including phenoxy) is 1. The van der Waals surface area contributed by atoms with Crippen LogP contribution in [0.5, 0.6) is 0 Å². The van der Waals surface area contributed by atoms with Crippen molar-refractivity contribution in [2.24, 2.45) is 5.92 Å². The molecule has 0 amide bonds. The molecular weight excluding hydrogens is 466 g/mol. The van der Waals surface area contributed by atoms with E-state index in [-0.39, 0.29) is 11.7 Å². The lowest BCUT2D eigenvalue weighted by Crippen LogP contribution is -2.47. The molecule has 2 aromatic heterocycles. The molecule has 2 saturated heterocycles. The molecule has 4 unspecified atom stereocenters. The zero-order valence-electron chi connectivity index (χ0n) is 22.0. The van der Waals surface area contributed by atoms with Gasteiger partial charge in [0.1, 0.15) is 17.3 Å². The number of pyridine rings is 1. The predicted octanol–water partition coefficient (Wildman–Crippen LogP) is 6.20. The van der Waals surface area contributed by atoms with Crippen molar-refractivity contribution in [3.63, 3.8) is 0 Å². The molecule has 0 spiro atoms. The summed E-state index contributed by atoms with van der Waals surface area (Å²) in [5.41, 5.74) is 6.44. The fourth-order valence-corrected chi connectivity index (χ4v) is 6.59. The van der Waals surface area contributed by atoms with E-state index in [1.54, 1.807) is 13.0 Å². The monoisotopic (exact) mass is 501 g/mol. The molecule has 6 rings (SSSR count). The lowest BCUT2D eigenvalue weighted by molar-refractivity contribution is 0.0134. The van der Waals surface area contributed by atoms with Crippen LogP contribution in [0.3, 0.4) is 0 Å². The first-order valence-corrected chi connectivity index (χ1v) is 13.5. The summed E-state index contributed by atoms with van der Waals surface area (Å²) in [6, 6.07) is 10.6. The number of carbonyl (C=O) groups is 1. The molecule has 37 heavy (non-hydrogen) atoms. The van der Waals surface area contributed by atoms with Crippen molar-refractivity contribution in [3.8, 4) is 11.3 Å². The molecule has 7 heteroatoms. The van der Waals surface area contributed by atoms with E-state index in [1.165, 1.54) is 11.1 Å². The fraction of sp³-hybridized carbons (Fsp3) is 0.500. The van der Waals surface area contributed by atoms with Gasteiger partial charge in [-0.25, -0.2) is 9.78 Å². The van der Waals surface area contributed by atoms with E-state index in [1.807, 2.05) is 6.07 Å². The summed E-state index contributed by atoms with van der Waals surface area (Å²) in [6.45, 7) is 8.86. The standard InChI is InChI=1S/C30H35N3O4/c1-16-6-5-7-17(2)27(16)28-24(29(37-32-28)20-8-9-20)15-36-22-13-21-12-18(3)25(14-22)33(21)26-11-10-23(30(34)35)19(4)31-26/h5-7,10-11,18,20-22,25H,8-9,12-15H2,1-4H3,(H,34,35). The van der Waals surface area contributed by atoms with Crippen LogP contribution in [-0.4, -0.2) is 39.4 Å². The third-order valence-electron chi connectivity index (χ3n) is 8.60. The molecule has 4 heterocycles. The van der Waals surface area contributed by atoms with Crippen LogP contribution in [0.2, 0.25) is 0 Å². The number of rotatable bonds is 7. The van der Waals surface area contributed by atoms with Crippen molar-refractivity contribution >= 4 is 11.8 Å². The maximum absolute atomic E-state index is 11.5. The van der Waals surface area contributed by atoms with Gasteiger partial charge in [-0.1, -0.05) is 30.3 Å². The van der Waals surface area contributed by atoms with Crippen LogP contribution in [0.1, 0.15) is 83.4 Å². The van der Waals surface area contributed by atoms with Gasteiger partial charge in [0.05, 0.1) is 24.0 Å². The fourth-order valence-electron chi connectivity index (χ4n) is 6.59. The summed E-state index contributed by atoms with van der Waals surface area (Å²) < 4.78 is 12.6. The number of aromatic nitrogens is 2. The lowest BCUT2D eigenvalue weighted by Gasteiger charge is -2.40. The Morgan fingerprint density at radius 1 is 1.11 bits per heavy atom. The van der Waals surface area contributed by atoms with Crippen LogP contribution in [0, 0.1) is 26.7 Å². The quantitative estimate of drug-likeness (QED) is 0.412. The van der Waals surface area contributed by atoms with E-state index < -0.39 is 5.97 Å². The maximum Gasteiger partial charge on any atom is 0.337 e. The van der Waals surface area contributed by atoms with E-state index in [9.17, 15) is 9.90 Å². The van der Waals surface area contributed by atoms with Crippen LogP contribution in [0.25, 0.3) is 11.3 Å². The number of carboxylic acids is 1. The van der Waals surface area contributed by atoms with Crippen molar-refractivity contribution < 1.29 is 19.2 Å². The van der Waals surface area contributed by atoms with Gasteiger partial charge < -0.3 is 19.3 Å². The summed E-state index contributed by atoms with van der Waals surface area (Å²) in [6.07, 6.45) is 5.43. The first kappa shape index (κ1) is 24.2. The topological polar surface area (TPSA) is 88.7 Å². The molecule has 2 aliphatic heterocycles. The molecule has 0 radical (unpaired) electrons. The second kappa shape index (κ2) is 9.28. The molecule has 1 saturated carbocycles. The van der Waals surface area contributed by atoms with Crippen molar-refractivity contribution in [2.45, 2.75) is 90.5 Å². The normalized spacial score (nSPS) is 25.0. The Labute approximate surface area is 217 Å². The molecule has 3 aromatic rings. The number of benzene rings is 1. The minimum Gasteiger partial charge on any atom is -0.478 e. The van der Waals surface area contributed by atoms with Crippen LogP contribution in [0.4, 0.5) is 5.82 Å². The number of fused-ring (bicyclic) bond motifs is 2. The van der Waals surface area contributed by atoms with Crippen LogP contribution < -0.4 is 4.90 Å². The smallest absolute Gasteiger partial charge is 0.337 e. The van der Waals surface area contributed by atoms with Crippen LogP contribution in [0.15, 0.2) is 34.9 Å². The first-order valence-electron chi connectivity index (χ1n) is 13.5. The third-order valence-corrected chi connectivity index (χ3v) is 8.60. The van der Waals surface area contributed by atoms with Gasteiger partial charge in [-0.15, -0.1) is 0 Å². The van der Waals surface area contributed by atoms with Gasteiger partial charge in [0, 0.05) is 29.1 Å². The molecule has 194 valence electrons. The Hall–Kier alpha value is -3.19.